The highest BCUT2D eigenvalue weighted by molar-refractivity contribution is 8.11. The number of thiol groups is 1. The first-order chi connectivity index (χ1) is 6.65. The van der Waals surface area contributed by atoms with E-state index in [1.54, 1.807) is 12.1 Å². The summed E-state index contributed by atoms with van der Waals surface area (Å²) in [7, 11) is -1.24. The fourth-order valence-corrected chi connectivity index (χ4v) is 3.79. The summed E-state index contributed by atoms with van der Waals surface area (Å²) in [6.07, 6.45) is 0. The second-order valence-corrected chi connectivity index (χ2v) is 6.02. The van der Waals surface area contributed by atoms with Crippen LogP contribution >= 0.6 is 12.6 Å². The minimum atomic E-state index is -1.24. The zero-order valence-corrected chi connectivity index (χ0v) is 8.68. The van der Waals surface area contributed by atoms with E-state index in [1.807, 2.05) is 12.1 Å². The monoisotopic (exact) mass is 226 g/mol. The fourth-order valence-electron chi connectivity index (χ4n) is 1.71. The maximum Gasteiger partial charge on any atom is 0.342 e. The molecule has 3 rings (SSSR count). The first kappa shape index (κ1) is 8.49. The summed E-state index contributed by atoms with van der Waals surface area (Å²) in [5, 5.41) is -0.289. The minimum absolute atomic E-state index is 0.289. The predicted octanol–water partition coefficient (Wildman–Crippen LogP) is 1.04. The molecule has 3 atom stereocenters. The normalized spacial score (nSPS) is 38.2. The van der Waals surface area contributed by atoms with Crippen LogP contribution in [0.2, 0.25) is 0 Å². The average molecular weight is 226 g/mol. The number of hydrogen-bond donors (Lipinski definition) is 1. The molecule has 0 N–H and O–H groups in total. The van der Waals surface area contributed by atoms with Crippen molar-refractivity contribution in [1.82, 2.24) is 0 Å². The lowest BCUT2D eigenvalue weighted by Gasteiger charge is -2.16. The van der Waals surface area contributed by atoms with Gasteiger partial charge in [-0.15, -0.1) is 12.6 Å². The Labute approximate surface area is 88.3 Å². The molecule has 2 aliphatic heterocycles. The molecule has 3 nitrogen and oxygen atoms in total. The van der Waals surface area contributed by atoms with Crippen molar-refractivity contribution in [3.05, 3.63) is 29.8 Å². The molecule has 0 bridgehead atoms. The summed E-state index contributed by atoms with van der Waals surface area (Å²) >= 11 is 4.13. The lowest BCUT2D eigenvalue weighted by molar-refractivity contribution is -0.134. The Morgan fingerprint density at radius 1 is 1.43 bits per heavy atom. The first-order valence-corrected chi connectivity index (χ1v) is 5.76. The molecule has 3 unspecified atom stereocenters. The summed E-state index contributed by atoms with van der Waals surface area (Å²) < 4.78 is 15.5. The molecule has 0 spiro atoms. The van der Waals surface area contributed by atoms with E-state index < -0.39 is 20.8 Å². The third-order valence-electron chi connectivity index (χ3n) is 2.52. The topological polar surface area (TPSA) is 43.4 Å². The van der Waals surface area contributed by atoms with Crippen molar-refractivity contribution < 1.29 is 13.7 Å². The van der Waals surface area contributed by atoms with Gasteiger partial charge < -0.3 is 4.74 Å². The third kappa shape index (κ3) is 0.797. The number of fused-ring (bicyclic) bond motifs is 3. The van der Waals surface area contributed by atoms with Crippen LogP contribution in [-0.2, 0) is 15.6 Å². The standard InChI is InChI=1S/C9H6O3S2/c10-8-9(13)7(14(9)11)5-3-1-2-4-6(5)12-8/h1-4,7,13H. The zero-order valence-electron chi connectivity index (χ0n) is 6.97. The number of ether oxygens (including phenoxy) is 1. The first-order valence-electron chi connectivity index (χ1n) is 4.10. The van der Waals surface area contributed by atoms with Crippen LogP contribution < -0.4 is 4.74 Å². The molecule has 0 saturated carbocycles. The van der Waals surface area contributed by atoms with Crippen molar-refractivity contribution >= 4 is 29.4 Å². The maximum atomic E-state index is 11.5. The Morgan fingerprint density at radius 2 is 2.14 bits per heavy atom. The van der Waals surface area contributed by atoms with E-state index >= 15 is 0 Å². The van der Waals surface area contributed by atoms with E-state index in [1.165, 1.54) is 0 Å². The molecule has 0 radical (unpaired) electrons. The van der Waals surface area contributed by atoms with Gasteiger partial charge in [-0.05, 0) is 6.07 Å². The number of esters is 1. The Hall–Kier alpha value is -0.810. The molecule has 1 aromatic carbocycles. The lowest BCUT2D eigenvalue weighted by Crippen LogP contribution is -2.28. The van der Waals surface area contributed by atoms with Gasteiger partial charge in [0, 0.05) is 5.56 Å². The Kier molecular flexibility index (Phi) is 1.46. The lowest BCUT2D eigenvalue weighted by atomic mass is 10.1. The van der Waals surface area contributed by atoms with Gasteiger partial charge in [-0.2, -0.15) is 0 Å². The van der Waals surface area contributed by atoms with E-state index in [-0.39, 0.29) is 5.25 Å². The van der Waals surface area contributed by atoms with Crippen LogP contribution in [0.1, 0.15) is 10.8 Å². The predicted molar refractivity (Wildman–Crippen MR) is 54.7 cm³/mol. The van der Waals surface area contributed by atoms with Gasteiger partial charge in [-0.1, -0.05) is 18.2 Å². The van der Waals surface area contributed by atoms with Gasteiger partial charge >= 0.3 is 5.97 Å². The smallest absolute Gasteiger partial charge is 0.342 e. The summed E-state index contributed by atoms with van der Waals surface area (Å²) in [4.78, 5) is 11.4. The van der Waals surface area contributed by atoms with Gasteiger partial charge in [0.05, 0.1) is 10.8 Å². The van der Waals surface area contributed by atoms with Crippen molar-refractivity contribution in [2.75, 3.05) is 0 Å². The molecule has 2 heterocycles. The van der Waals surface area contributed by atoms with Gasteiger partial charge in [0.15, 0.2) is 0 Å². The van der Waals surface area contributed by atoms with Crippen LogP contribution in [0.3, 0.4) is 0 Å². The molecular formula is C9H6O3S2. The quantitative estimate of drug-likeness (QED) is 0.311. The maximum absolute atomic E-state index is 11.5. The highest BCUT2D eigenvalue weighted by atomic mass is 32.2. The second-order valence-electron chi connectivity index (χ2n) is 3.30. The Morgan fingerprint density at radius 3 is 2.93 bits per heavy atom. The SMILES string of the molecule is O=C1Oc2ccccc2C2S(=O)C12S. The van der Waals surface area contributed by atoms with Gasteiger partial charge in [-0.25, -0.2) is 4.79 Å². The van der Waals surface area contributed by atoms with Crippen molar-refractivity contribution in [2.24, 2.45) is 0 Å². The van der Waals surface area contributed by atoms with E-state index in [9.17, 15) is 9.00 Å². The summed E-state index contributed by atoms with van der Waals surface area (Å²) in [5.74, 6) is 0.0147. The molecule has 1 aromatic rings. The van der Waals surface area contributed by atoms with Crippen molar-refractivity contribution in [3.8, 4) is 5.75 Å². The van der Waals surface area contributed by atoms with Crippen LogP contribution in [0.15, 0.2) is 24.3 Å². The highest BCUT2D eigenvalue weighted by Gasteiger charge is 2.71. The molecule has 1 fully saturated rings. The van der Waals surface area contributed by atoms with Gasteiger partial charge in [-0.3, -0.25) is 4.21 Å². The number of carbonyl (C=O) groups is 1. The average Bonchev–Trinajstić information content (AvgIpc) is 2.73. The zero-order chi connectivity index (χ0) is 9.92. The summed E-state index contributed by atoms with van der Waals surface area (Å²) in [5.41, 5.74) is 0.820. The molecule has 0 aliphatic carbocycles. The number of carbonyl (C=O) groups excluding carboxylic acids is 1. The van der Waals surface area contributed by atoms with Gasteiger partial charge in [0.25, 0.3) is 0 Å². The van der Waals surface area contributed by atoms with Crippen molar-refractivity contribution in [2.45, 2.75) is 9.33 Å². The fraction of sp³-hybridized carbons (Fsp3) is 0.222. The van der Waals surface area contributed by atoms with E-state index in [0.717, 1.165) is 5.56 Å². The number of hydrogen-bond acceptors (Lipinski definition) is 4. The van der Waals surface area contributed by atoms with Crippen molar-refractivity contribution in [1.29, 1.82) is 0 Å². The molecule has 14 heavy (non-hydrogen) atoms. The highest BCUT2D eigenvalue weighted by Crippen LogP contribution is 2.61. The van der Waals surface area contributed by atoms with Gasteiger partial charge in [0.1, 0.15) is 11.0 Å². The van der Waals surface area contributed by atoms with Crippen molar-refractivity contribution in [3.63, 3.8) is 0 Å². The van der Waals surface area contributed by atoms with E-state index in [4.69, 9.17) is 4.74 Å². The summed E-state index contributed by atoms with van der Waals surface area (Å²) in [6, 6.07) is 7.14. The molecule has 72 valence electrons. The number of benzene rings is 1. The summed E-state index contributed by atoms with van der Waals surface area (Å²) in [6.45, 7) is 0. The molecule has 5 heteroatoms. The number of para-hydroxylation sites is 1. The number of rotatable bonds is 0. The largest absolute Gasteiger partial charge is 0.424 e. The second kappa shape index (κ2) is 2.41. The molecular weight excluding hydrogens is 220 g/mol. The van der Waals surface area contributed by atoms with Crippen LogP contribution in [0.5, 0.6) is 5.75 Å². The van der Waals surface area contributed by atoms with Crippen LogP contribution in [0.4, 0.5) is 0 Å². The Bertz CT molecular complexity index is 471. The molecule has 2 aliphatic rings. The molecule has 1 saturated heterocycles. The van der Waals surface area contributed by atoms with E-state index in [2.05, 4.69) is 12.6 Å². The van der Waals surface area contributed by atoms with Crippen LogP contribution in [0, 0.1) is 0 Å². The Balaban J connectivity index is 2.22. The van der Waals surface area contributed by atoms with E-state index in [0.29, 0.717) is 5.75 Å². The third-order valence-corrected chi connectivity index (χ3v) is 5.47. The van der Waals surface area contributed by atoms with Crippen LogP contribution in [-0.4, -0.2) is 14.3 Å². The minimum Gasteiger partial charge on any atom is -0.424 e. The van der Waals surface area contributed by atoms with Gasteiger partial charge in [0.2, 0.25) is 4.08 Å². The molecule has 0 amide bonds. The molecule has 0 aromatic heterocycles. The van der Waals surface area contributed by atoms with Crippen LogP contribution in [0.25, 0.3) is 0 Å².